The van der Waals surface area contributed by atoms with E-state index in [1.807, 2.05) is 42.5 Å². The van der Waals surface area contributed by atoms with Gasteiger partial charge >= 0.3 is 12.0 Å². The minimum Gasteiger partial charge on any atom is -0.467 e. The van der Waals surface area contributed by atoms with Crippen LogP contribution in [0.15, 0.2) is 65.3 Å². The van der Waals surface area contributed by atoms with Crippen molar-refractivity contribution in [2.45, 2.75) is 19.9 Å². The van der Waals surface area contributed by atoms with Crippen LogP contribution in [0.5, 0.6) is 0 Å². The monoisotopic (exact) mass is 366 g/mol. The van der Waals surface area contributed by atoms with Gasteiger partial charge in [-0.05, 0) is 30.5 Å². The molecule has 1 heterocycles. The summed E-state index contributed by atoms with van der Waals surface area (Å²) in [6.45, 7) is 2.57. The molecule has 1 aromatic heterocycles. The van der Waals surface area contributed by atoms with E-state index in [-0.39, 0.29) is 31.5 Å². The molecule has 3 aromatic rings. The molecule has 2 aromatic carbocycles. The van der Waals surface area contributed by atoms with Gasteiger partial charge < -0.3 is 19.4 Å². The van der Waals surface area contributed by atoms with Gasteiger partial charge in [-0.1, -0.05) is 36.4 Å². The van der Waals surface area contributed by atoms with E-state index in [1.165, 1.54) is 4.90 Å². The molecule has 3 rings (SSSR count). The average molecular weight is 366 g/mol. The fraction of sp³-hybridized carbons (Fsp3) is 0.238. The third-order valence-corrected chi connectivity index (χ3v) is 4.14. The lowest BCUT2D eigenvalue weighted by Crippen LogP contribution is -2.36. The molecule has 140 valence electrons. The smallest absolute Gasteiger partial charge is 0.322 e. The molecule has 0 fully saturated rings. The van der Waals surface area contributed by atoms with Crippen molar-refractivity contribution in [3.05, 3.63) is 66.6 Å². The van der Waals surface area contributed by atoms with Crippen LogP contribution in [0.25, 0.3) is 10.8 Å². The molecule has 0 unspecified atom stereocenters. The zero-order chi connectivity index (χ0) is 19.1. The van der Waals surface area contributed by atoms with Crippen LogP contribution in [0.3, 0.4) is 0 Å². The molecule has 6 heteroatoms. The second-order valence-corrected chi connectivity index (χ2v) is 6.01. The SMILES string of the molecule is CCOC(=O)CCN(Cc1ccco1)C(=O)Nc1cccc2ccccc12. The minimum absolute atomic E-state index is 0.123. The number of nitrogens with zero attached hydrogens (tertiary/aromatic N) is 1. The summed E-state index contributed by atoms with van der Waals surface area (Å²) >= 11 is 0. The highest BCUT2D eigenvalue weighted by atomic mass is 16.5. The zero-order valence-electron chi connectivity index (χ0n) is 15.2. The highest BCUT2D eigenvalue weighted by molar-refractivity contribution is 6.01. The second kappa shape index (κ2) is 8.89. The van der Waals surface area contributed by atoms with Gasteiger partial charge in [0.05, 0.1) is 31.5 Å². The summed E-state index contributed by atoms with van der Waals surface area (Å²) in [5, 5.41) is 4.94. The number of urea groups is 1. The van der Waals surface area contributed by atoms with Crippen LogP contribution in [0.2, 0.25) is 0 Å². The molecule has 0 spiro atoms. The van der Waals surface area contributed by atoms with Gasteiger partial charge in [0.1, 0.15) is 5.76 Å². The predicted molar refractivity (Wildman–Crippen MR) is 103 cm³/mol. The van der Waals surface area contributed by atoms with Crippen molar-refractivity contribution >= 4 is 28.5 Å². The first-order chi connectivity index (χ1) is 13.2. The number of benzene rings is 2. The standard InChI is InChI=1S/C21H22N2O4/c1-2-26-20(24)12-13-23(15-17-9-6-14-27-17)21(25)22-19-11-5-8-16-7-3-4-10-18(16)19/h3-11,14H,2,12-13,15H2,1H3,(H,22,25). The normalized spacial score (nSPS) is 10.6. The van der Waals surface area contributed by atoms with E-state index in [4.69, 9.17) is 9.15 Å². The summed E-state index contributed by atoms with van der Waals surface area (Å²) in [6.07, 6.45) is 1.68. The number of hydrogen-bond donors (Lipinski definition) is 1. The van der Waals surface area contributed by atoms with E-state index >= 15 is 0 Å². The minimum atomic E-state index is -0.333. The van der Waals surface area contributed by atoms with E-state index in [2.05, 4.69) is 5.32 Å². The maximum Gasteiger partial charge on any atom is 0.322 e. The molecule has 1 N–H and O–H groups in total. The molecule has 0 bridgehead atoms. The maximum atomic E-state index is 12.9. The van der Waals surface area contributed by atoms with Crippen LogP contribution >= 0.6 is 0 Å². The third-order valence-electron chi connectivity index (χ3n) is 4.14. The van der Waals surface area contributed by atoms with E-state index in [9.17, 15) is 9.59 Å². The molecule has 0 atom stereocenters. The van der Waals surface area contributed by atoms with Gasteiger partial charge in [-0.25, -0.2) is 4.79 Å². The van der Waals surface area contributed by atoms with Gasteiger partial charge in [0.2, 0.25) is 0 Å². The molecule has 0 aliphatic rings. The van der Waals surface area contributed by atoms with Crippen LogP contribution in [-0.2, 0) is 16.1 Å². The van der Waals surface area contributed by atoms with Gasteiger partial charge in [0.15, 0.2) is 0 Å². The van der Waals surface area contributed by atoms with Crippen LogP contribution in [0, 0.1) is 0 Å². The Bertz CT molecular complexity index is 900. The largest absolute Gasteiger partial charge is 0.467 e. The van der Waals surface area contributed by atoms with Crippen LogP contribution in [0.4, 0.5) is 10.5 Å². The Hall–Kier alpha value is -3.28. The van der Waals surface area contributed by atoms with Crippen LogP contribution < -0.4 is 5.32 Å². The molecular formula is C21H22N2O4. The van der Waals surface area contributed by atoms with Crippen molar-refractivity contribution in [3.63, 3.8) is 0 Å². The first-order valence-corrected chi connectivity index (χ1v) is 8.89. The fourth-order valence-corrected chi connectivity index (χ4v) is 2.83. The fourth-order valence-electron chi connectivity index (χ4n) is 2.83. The van der Waals surface area contributed by atoms with Gasteiger partial charge in [0.25, 0.3) is 0 Å². The van der Waals surface area contributed by atoms with Gasteiger partial charge in [0, 0.05) is 11.9 Å². The first kappa shape index (κ1) is 18.5. The van der Waals surface area contributed by atoms with Crippen molar-refractivity contribution in [1.29, 1.82) is 0 Å². The van der Waals surface area contributed by atoms with Crippen molar-refractivity contribution in [2.75, 3.05) is 18.5 Å². The van der Waals surface area contributed by atoms with E-state index in [1.54, 1.807) is 25.3 Å². The van der Waals surface area contributed by atoms with Crippen LogP contribution in [0.1, 0.15) is 19.1 Å². The van der Waals surface area contributed by atoms with Crippen molar-refractivity contribution < 1.29 is 18.7 Å². The number of nitrogens with one attached hydrogen (secondary N) is 1. The average Bonchev–Trinajstić information content (AvgIpc) is 3.19. The lowest BCUT2D eigenvalue weighted by Gasteiger charge is -2.22. The third kappa shape index (κ3) is 4.88. The molecule has 6 nitrogen and oxygen atoms in total. The zero-order valence-corrected chi connectivity index (χ0v) is 15.2. The Morgan fingerprint density at radius 3 is 2.67 bits per heavy atom. The summed E-state index contributed by atoms with van der Waals surface area (Å²) in [6, 6.07) is 16.8. The van der Waals surface area contributed by atoms with E-state index in [0.29, 0.717) is 12.4 Å². The number of hydrogen-bond acceptors (Lipinski definition) is 4. The summed E-state index contributed by atoms with van der Waals surface area (Å²) in [7, 11) is 0. The molecule has 0 aliphatic heterocycles. The van der Waals surface area contributed by atoms with Crippen LogP contribution in [-0.4, -0.2) is 30.1 Å². The summed E-state index contributed by atoms with van der Waals surface area (Å²) in [4.78, 5) is 26.1. The van der Waals surface area contributed by atoms with E-state index < -0.39 is 0 Å². The van der Waals surface area contributed by atoms with Gasteiger partial charge in [-0.3, -0.25) is 4.79 Å². The second-order valence-electron chi connectivity index (χ2n) is 6.01. The Balaban J connectivity index is 1.75. The number of fused-ring (bicyclic) bond motifs is 1. The molecule has 0 saturated heterocycles. The number of amides is 2. The maximum absolute atomic E-state index is 12.9. The number of ether oxygens (including phenoxy) is 1. The van der Waals surface area contributed by atoms with E-state index in [0.717, 1.165) is 16.5 Å². The molecule has 27 heavy (non-hydrogen) atoms. The molecule has 0 aliphatic carbocycles. The number of esters is 1. The summed E-state index contributed by atoms with van der Waals surface area (Å²) in [5.41, 5.74) is 0.721. The first-order valence-electron chi connectivity index (χ1n) is 8.89. The Morgan fingerprint density at radius 2 is 1.89 bits per heavy atom. The topological polar surface area (TPSA) is 71.8 Å². The Morgan fingerprint density at radius 1 is 1.07 bits per heavy atom. The summed E-state index contributed by atoms with van der Waals surface area (Å²) in [5.74, 6) is 0.312. The highest BCUT2D eigenvalue weighted by Crippen LogP contribution is 2.23. The quantitative estimate of drug-likeness (QED) is 0.628. The lowest BCUT2D eigenvalue weighted by molar-refractivity contribution is -0.143. The lowest BCUT2D eigenvalue weighted by atomic mass is 10.1. The Labute approximate surface area is 157 Å². The van der Waals surface area contributed by atoms with Crippen molar-refractivity contribution in [3.8, 4) is 0 Å². The number of anilines is 1. The number of carbonyl (C=O) groups excluding carboxylic acids is 2. The van der Waals surface area contributed by atoms with Crippen molar-refractivity contribution in [2.24, 2.45) is 0 Å². The molecule has 2 amide bonds. The van der Waals surface area contributed by atoms with Crippen molar-refractivity contribution in [1.82, 2.24) is 4.90 Å². The number of furan rings is 1. The highest BCUT2D eigenvalue weighted by Gasteiger charge is 2.18. The Kier molecular flexibility index (Phi) is 6.10. The summed E-state index contributed by atoms with van der Waals surface area (Å²) < 4.78 is 10.3. The number of rotatable bonds is 7. The van der Waals surface area contributed by atoms with Gasteiger partial charge in [-0.15, -0.1) is 0 Å². The van der Waals surface area contributed by atoms with Gasteiger partial charge in [-0.2, -0.15) is 0 Å². The molecular weight excluding hydrogens is 344 g/mol. The molecule has 0 radical (unpaired) electrons. The predicted octanol–water partition coefficient (Wildman–Crippen LogP) is 4.42. The number of carbonyl (C=O) groups is 2. The molecule has 0 saturated carbocycles.